The molecule has 0 bridgehead atoms. The van der Waals surface area contributed by atoms with Crippen molar-refractivity contribution in [2.24, 2.45) is 5.92 Å². The van der Waals surface area contributed by atoms with E-state index in [9.17, 15) is 15.0 Å². The van der Waals surface area contributed by atoms with Crippen molar-refractivity contribution in [3.8, 4) is 17.2 Å². The van der Waals surface area contributed by atoms with Gasteiger partial charge >= 0.3 is 0 Å². The van der Waals surface area contributed by atoms with Gasteiger partial charge in [-0.05, 0) is 68.8 Å². The zero-order valence-corrected chi connectivity index (χ0v) is 19.0. The number of fused-ring (bicyclic) bond motifs is 4. The number of nitrogens with zero attached hydrogens (tertiary/aromatic N) is 2. The van der Waals surface area contributed by atoms with Gasteiger partial charge in [0.1, 0.15) is 17.8 Å². The number of carbonyl (C=O) groups excluding carboxylic acids is 1. The lowest BCUT2D eigenvalue weighted by atomic mass is 9.77. The van der Waals surface area contributed by atoms with Crippen molar-refractivity contribution in [3.63, 3.8) is 0 Å². The number of phenolic OH excluding ortho intramolecular Hbond substituents is 2. The predicted molar refractivity (Wildman–Crippen MR) is 126 cm³/mol. The molecule has 3 heterocycles. The van der Waals surface area contributed by atoms with Crippen LogP contribution in [0.1, 0.15) is 56.1 Å². The van der Waals surface area contributed by atoms with Crippen LogP contribution in [0, 0.1) is 5.92 Å². The van der Waals surface area contributed by atoms with Crippen LogP contribution < -0.4 is 9.64 Å². The highest BCUT2D eigenvalue weighted by atomic mass is 16.5. The molecule has 174 valence electrons. The second-order valence-electron chi connectivity index (χ2n) is 10.2. The van der Waals surface area contributed by atoms with Crippen LogP contribution in [-0.4, -0.2) is 53.3 Å². The molecule has 3 aliphatic heterocycles. The van der Waals surface area contributed by atoms with E-state index in [1.165, 1.54) is 63.7 Å². The van der Waals surface area contributed by atoms with Crippen LogP contribution in [0.2, 0.25) is 0 Å². The lowest BCUT2D eigenvalue weighted by Gasteiger charge is -2.36. The Balaban J connectivity index is 1.21. The minimum absolute atomic E-state index is 0.0101. The third-order valence-electron chi connectivity index (χ3n) is 8.50. The minimum Gasteiger partial charge on any atom is -0.504 e. The number of piperidine rings is 1. The van der Waals surface area contributed by atoms with Crippen molar-refractivity contribution in [1.82, 2.24) is 4.90 Å². The van der Waals surface area contributed by atoms with E-state index in [1.54, 1.807) is 0 Å². The first kappa shape index (κ1) is 20.8. The number of phenols is 2. The summed E-state index contributed by atoms with van der Waals surface area (Å²) in [5.41, 5.74) is 1.55. The fraction of sp³-hybridized carbons (Fsp3) is 0.519. The number of rotatable bonds is 4. The molecule has 1 spiro atoms. The Hall–Kier alpha value is -2.73. The molecule has 2 aromatic rings. The molecule has 2 fully saturated rings. The normalized spacial score (nSPS) is 25.6. The molecule has 33 heavy (non-hydrogen) atoms. The summed E-state index contributed by atoms with van der Waals surface area (Å²) in [6, 6.07) is 11.7. The van der Waals surface area contributed by atoms with Gasteiger partial charge in [-0.3, -0.25) is 4.79 Å². The van der Waals surface area contributed by atoms with E-state index in [4.69, 9.17) is 4.74 Å². The van der Waals surface area contributed by atoms with Gasteiger partial charge in [-0.2, -0.15) is 0 Å². The van der Waals surface area contributed by atoms with Gasteiger partial charge < -0.3 is 24.7 Å². The van der Waals surface area contributed by atoms with Crippen LogP contribution in [0.25, 0.3) is 0 Å². The van der Waals surface area contributed by atoms with Gasteiger partial charge in [0.15, 0.2) is 11.5 Å². The average molecular weight is 449 g/mol. The molecule has 0 radical (unpaired) electrons. The van der Waals surface area contributed by atoms with E-state index in [-0.39, 0.29) is 24.0 Å². The predicted octanol–water partition coefficient (Wildman–Crippen LogP) is 4.17. The van der Waals surface area contributed by atoms with Gasteiger partial charge in [0.05, 0.1) is 0 Å². The van der Waals surface area contributed by atoms with Crippen LogP contribution in [0.4, 0.5) is 5.69 Å². The van der Waals surface area contributed by atoms with Crippen molar-refractivity contribution < 1.29 is 19.7 Å². The number of anilines is 1. The zero-order chi connectivity index (χ0) is 22.6. The number of hydrogen-bond donors (Lipinski definition) is 2. The largest absolute Gasteiger partial charge is 0.504 e. The highest BCUT2D eigenvalue weighted by Gasteiger charge is 2.57. The van der Waals surface area contributed by atoms with Crippen molar-refractivity contribution in [1.29, 1.82) is 0 Å². The molecule has 4 aliphatic rings. The van der Waals surface area contributed by atoms with Crippen LogP contribution in [-0.2, 0) is 10.2 Å². The molecule has 0 aromatic heterocycles. The minimum atomic E-state index is -0.955. The molecule has 6 rings (SSSR count). The lowest BCUT2D eigenvalue weighted by molar-refractivity contribution is -0.122. The summed E-state index contributed by atoms with van der Waals surface area (Å²) < 4.78 is 5.88. The van der Waals surface area contributed by atoms with Gasteiger partial charge in [-0.15, -0.1) is 0 Å². The van der Waals surface area contributed by atoms with Crippen LogP contribution in [0.15, 0.2) is 36.4 Å². The molecule has 6 heteroatoms. The first-order valence-electron chi connectivity index (χ1n) is 12.4. The van der Waals surface area contributed by atoms with E-state index in [0.717, 1.165) is 23.7 Å². The molecule has 6 nitrogen and oxygen atoms in total. The van der Waals surface area contributed by atoms with Gasteiger partial charge in [-0.1, -0.05) is 31.0 Å². The molecule has 1 amide bonds. The third-order valence-corrected chi connectivity index (χ3v) is 8.50. The Kier molecular flexibility index (Phi) is 5.02. The second-order valence-corrected chi connectivity index (χ2v) is 10.2. The summed E-state index contributed by atoms with van der Waals surface area (Å²) in [5.74, 6) is 0.666. The number of likely N-dealkylation sites (tertiary alicyclic amines) is 1. The second kappa shape index (κ2) is 7.94. The van der Waals surface area contributed by atoms with Crippen LogP contribution in [0.3, 0.4) is 0 Å². The van der Waals surface area contributed by atoms with E-state index in [0.29, 0.717) is 23.8 Å². The first-order chi connectivity index (χ1) is 16.1. The maximum Gasteiger partial charge on any atom is 0.245 e. The van der Waals surface area contributed by atoms with E-state index >= 15 is 0 Å². The summed E-state index contributed by atoms with van der Waals surface area (Å²) in [5, 5.41) is 20.1. The number of hydrogen-bond acceptors (Lipinski definition) is 5. The number of amides is 1. The molecule has 2 N–H and O–H groups in total. The smallest absolute Gasteiger partial charge is 0.245 e. The quantitative estimate of drug-likeness (QED) is 0.687. The first-order valence-corrected chi connectivity index (χ1v) is 12.4. The number of carbonyl (C=O) groups is 1. The Labute approximate surface area is 194 Å². The molecule has 2 aromatic carbocycles. The molecular weight excluding hydrogens is 416 g/mol. The summed E-state index contributed by atoms with van der Waals surface area (Å²) in [6.45, 7) is 3.27. The van der Waals surface area contributed by atoms with Gasteiger partial charge in [0, 0.05) is 29.9 Å². The zero-order valence-electron chi connectivity index (χ0n) is 19.0. The van der Waals surface area contributed by atoms with Gasteiger partial charge in [0.25, 0.3) is 0 Å². The highest BCUT2D eigenvalue weighted by Crippen LogP contribution is 2.54. The number of para-hydroxylation sites is 1. The van der Waals surface area contributed by atoms with Crippen molar-refractivity contribution in [2.45, 2.75) is 56.4 Å². The monoisotopic (exact) mass is 448 g/mol. The fourth-order valence-corrected chi connectivity index (χ4v) is 6.61. The molecular formula is C27H32N2O4. The number of benzene rings is 2. The summed E-state index contributed by atoms with van der Waals surface area (Å²) in [7, 11) is 0. The molecule has 1 atom stereocenters. The molecule has 1 saturated carbocycles. The molecule has 1 aliphatic carbocycles. The summed E-state index contributed by atoms with van der Waals surface area (Å²) in [4.78, 5) is 18.6. The maximum atomic E-state index is 13.9. The summed E-state index contributed by atoms with van der Waals surface area (Å²) in [6.07, 6.45) is 8.92. The Morgan fingerprint density at radius 2 is 1.70 bits per heavy atom. The van der Waals surface area contributed by atoms with E-state index in [1.807, 2.05) is 29.2 Å². The molecule has 1 unspecified atom stereocenters. The number of aromatic hydroxyl groups is 2. The van der Waals surface area contributed by atoms with Gasteiger partial charge in [0.2, 0.25) is 5.91 Å². The van der Waals surface area contributed by atoms with Crippen molar-refractivity contribution >= 4 is 11.6 Å². The van der Waals surface area contributed by atoms with Crippen molar-refractivity contribution in [3.05, 3.63) is 47.5 Å². The third kappa shape index (κ3) is 3.22. The SMILES string of the molecule is O=C1N(CCC2CCN(C3CCCC3)CC2)c2ccccc2C12COc1cc(O)c(O)cc12. The summed E-state index contributed by atoms with van der Waals surface area (Å²) >= 11 is 0. The van der Waals surface area contributed by atoms with Crippen LogP contribution >= 0.6 is 0 Å². The van der Waals surface area contributed by atoms with Crippen molar-refractivity contribution in [2.75, 3.05) is 31.1 Å². The topological polar surface area (TPSA) is 73.2 Å². The Morgan fingerprint density at radius 1 is 0.970 bits per heavy atom. The Morgan fingerprint density at radius 3 is 2.48 bits per heavy atom. The van der Waals surface area contributed by atoms with E-state index < -0.39 is 5.41 Å². The molecule has 1 saturated heterocycles. The Bertz CT molecular complexity index is 1070. The standard InChI is InChI=1S/C27H32N2O4/c30-23-15-21-25(16-24(23)31)33-17-27(21)20-7-3-4-8-22(20)29(26(27)32)14-11-18-9-12-28(13-10-18)19-5-1-2-6-19/h3-4,7-8,15-16,18-19,30-31H,1-2,5-6,9-14,17H2. The maximum absolute atomic E-state index is 13.9. The fourth-order valence-electron chi connectivity index (χ4n) is 6.61. The highest BCUT2D eigenvalue weighted by molar-refractivity contribution is 6.11. The lowest BCUT2D eigenvalue weighted by Crippen LogP contribution is -2.44. The average Bonchev–Trinajstić information content (AvgIpc) is 3.54. The number of ether oxygens (including phenoxy) is 1. The van der Waals surface area contributed by atoms with Crippen LogP contribution in [0.5, 0.6) is 17.2 Å². The van der Waals surface area contributed by atoms with E-state index in [2.05, 4.69) is 4.90 Å². The van der Waals surface area contributed by atoms with Gasteiger partial charge in [-0.25, -0.2) is 0 Å².